The topological polar surface area (TPSA) is 135 Å². The van der Waals surface area contributed by atoms with E-state index >= 15 is 0 Å². The van der Waals surface area contributed by atoms with Crippen molar-refractivity contribution in [3.05, 3.63) is 47.3 Å². The molecule has 2 aliphatic heterocycles. The van der Waals surface area contributed by atoms with Gasteiger partial charge in [0.05, 0.1) is 31.5 Å². The Balaban J connectivity index is 2.52. The van der Waals surface area contributed by atoms with Gasteiger partial charge in [-0.15, -0.1) is 0 Å². The highest BCUT2D eigenvalue weighted by Crippen LogP contribution is 2.41. The normalized spacial score (nSPS) is 41.2. The third-order valence-corrected chi connectivity index (χ3v) is 9.50. The number of hydrogen-bond acceptors (Lipinski definition) is 9. The van der Waals surface area contributed by atoms with Gasteiger partial charge in [-0.1, -0.05) is 83.9 Å². The summed E-state index contributed by atoms with van der Waals surface area (Å²) in [6, 6.07) is 0. The zero-order valence-electron chi connectivity index (χ0n) is 28.6. The van der Waals surface area contributed by atoms with Gasteiger partial charge in [-0.05, 0) is 38.2 Å². The van der Waals surface area contributed by atoms with E-state index in [1.165, 1.54) is 14.2 Å². The molecule has 1 fully saturated rings. The molecule has 1 saturated heterocycles. The first-order valence-corrected chi connectivity index (χ1v) is 15.9. The van der Waals surface area contributed by atoms with Gasteiger partial charge in [0.2, 0.25) is 5.76 Å². The Morgan fingerprint density at radius 3 is 2.25 bits per heavy atom. The Bertz CT molecular complexity index is 1060. The molecule has 0 aromatic carbocycles. The Labute approximate surface area is 264 Å². The highest BCUT2D eigenvalue weighted by molar-refractivity contribution is 5.87. The molecule has 0 amide bonds. The summed E-state index contributed by atoms with van der Waals surface area (Å²) in [5, 5.41) is 45.0. The van der Waals surface area contributed by atoms with E-state index in [1.54, 1.807) is 26.0 Å². The Kier molecular flexibility index (Phi) is 14.3. The van der Waals surface area contributed by atoms with E-state index in [2.05, 4.69) is 0 Å². The standard InChI is InChI=1S/C35H58O9/c1-19(2)32-24(7)27(36)18-35(40,44-32)26(9)31(38)25(8)33-28(41-10)14-12-13-20(3)15-22(5)30(37)23(6)16-21(4)17-29(42-11)34(39)43-33/h12-14,16-17,19,22-28,30-33,36-38,40H,15,18H2,1-11H3/b14-12+,20-13+,21-16+,29-17-/t22-,23+,24-,25-,26-,27+,28-,30-,31+,32?,33+,35+/m0/s1. The Morgan fingerprint density at radius 2 is 1.68 bits per heavy atom. The van der Waals surface area contributed by atoms with Crippen molar-refractivity contribution >= 4 is 5.97 Å². The molecule has 44 heavy (non-hydrogen) atoms. The highest BCUT2D eigenvalue weighted by Gasteiger charge is 2.51. The summed E-state index contributed by atoms with van der Waals surface area (Å²) in [5.74, 6) is -4.49. The second-order valence-electron chi connectivity index (χ2n) is 13.6. The smallest absolute Gasteiger partial charge is 0.373 e. The van der Waals surface area contributed by atoms with E-state index in [0.717, 1.165) is 11.1 Å². The first-order chi connectivity index (χ1) is 20.5. The van der Waals surface area contributed by atoms with Crippen LogP contribution in [0.15, 0.2) is 47.3 Å². The minimum atomic E-state index is -1.80. The van der Waals surface area contributed by atoms with Crippen molar-refractivity contribution in [3.63, 3.8) is 0 Å². The summed E-state index contributed by atoms with van der Waals surface area (Å²) in [6.45, 7) is 17.0. The molecule has 0 aromatic heterocycles. The molecule has 0 radical (unpaired) electrons. The van der Waals surface area contributed by atoms with Crippen molar-refractivity contribution in [2.75, 3.05) is 14.2 Å². The molecule has 2 aliphatic rings. The van der Waals surface area contributed by atoms with Crippen LogP contribution >= 0.6 is 0 Å². The minimum absolute atomic E-state index is 0.00492. The Hall–Kier alpha value is -2.01. The van der Waals surface area contributed by atoms with Crippen LogP contribution in [0.2, 0.25) is 0 Å². The zero-order chi connectivity index (χ0) is 33.5. The molecule has 9 nitrogen and oxygen atoms in total. The van der Waals surface area contributed by atoms with Gasteiger partial charge in [-0.2, -0.15) is 0 Å². The number of ether oxygens (including phenoxy) is 4. The second kappa shape index (κ2) is 16.5. The number of aliphatic hydroxyl groups excluding tert-OH is 3. The molecule has 0 aromatic rings. The van der Waals surface area contributed by atoms with Gasteiger partial charge in [0.15, 0.2) is 5.79 Å². The monoisotopic (exact) mass is 622 g/mol. The lowest BCUT2D eigenvalue weighted by Crippen LogP contribution is -2.59. The number of carbonyl (C=O) groups is 1. The summed E-state index contributed by atoms with van der Waals surface area (Å²) in [7, 11) is 2.87. The first-order valence-electron chi connectivity index (χ1n) is 15.9. The number of cyclic esters (lactones) is 1. The maximum atomic E-state index is 13.5. The van der Waals surface area contributed by atoms with Gasteiger partial charge in [0.1, 0.15) is 12.2 Å². The molecule has 0 spiro atoms. The number of allylic oxidation sites excluding steroid dienone is 5. The van der Waals surface area contributed by atoms with Gasteiger partial charge in [0, 0.05) is 37.2 Å². The van der Waals surface area contributed by atoms with Gasteiger partial charge in [-0.3, -0.25) is 0 Å². The summed E-state index contributed by atoms with van der Waals surface area (Å²) in [5.41, 5.74) is 1.78. The third-order valence-electron chi connectivity index (χ3n) is 9.50. The fourth-order valence-electron chi connectivity index (χ4n) is 6.54. The van der Waals surface area contributed by atoms with Crippen LogP contribution in [0.3, 0.4) is 0 Å². The predicted octanol–water partition coefficient (Wildman–Crippen LogP) is 4.69. The lowest BCUT2D eigenvalue weighted by Gasteiger charge is -2.49. The van der Waals surface area contributed by atoms with Crippen molar-refractivity contribution < 1.29 is 44.2 Å². The van der Waals surface area contributed by atoms with Crippen LogP contribution in [0.1, 0.15) is 75.2 Å². The molecule has 1 unspecified atom stereocenters. The average Bonchev–Trinajstić information content (AvgIpc) is 2.96. The van der Waals surface area contributed by atoms with Crippen molar-refractivity contribution in [1.29, 1.82) is 0 Å². The van der Waals surface area contributed by atoms with Gasteiger partial charge in [0.25, 0.3) is 0 Å². The van der Waals surface area contributed by atoms with Crippen LogP contribution in [0.25, 0.3) is 0 Å². The van der Waals surface area contributed by atoms with Crippen LogP contribution in [0.5, 0.6) is 0 Å². The van der Waals surface area contributed by atoms with Crippen LogP contribution in [-0.2, 0) is 23.7 Å². The van der Waals surface area contributed by atoms with E-state index in [0.29, 0.717) is 6.42 Å². The predicted molar refractivity (Wildman–Crippen MR) is 170 cm³/mol. The molecule has 0 aliphatic carbocycles. The van der Waals surface area contributed by atoms with E-state index < -0.39 is 60.2 Å². The maximum Gasteiger partial charge on any atom is 0.373 e. The number of rotatable bonds is 7. The largest absolute Gasteiger partial charge is 0.490 e. The number of methoxy groups -OCH3 is 2. The third kappa shape index (κ3) is 9.50. The fraction of sp³-hybridized carbons (Fsp3) is 0.743. The average molecular weight is 623 g/mol. The summed E-state index contributed by atoms with van der Waals surface area (Å²) < 4.78 is 23.4. The quantitative estimate of drug-likeness (QED) is 0.298. The van der Waals surface area contributed by atoms with Crippen molar-refractivity contribution in [2.24, 2.45) is 35.5 Å². The van der Waals surface area contributed by atoms with E-state index in [9.17, 15) is 25.2 Å². The number of carbonyl (C=O) groups excluding carboxylic acids is 1. The number of aliphatic hydroxyl groups is 4. The molecule has 252 valence electrons. The second-order valence-corrected chi connectivity index (χ2v) is 13.6. The highest BCUT2D eigenvalue weighted by atomic mass is 16.6. The van der Waals surface area contributed by atoms with Gasteiger partial charge < -0.3 is 39.4 Å². The number of hydrogen-bond donors (Lipinski definition) is 4. The van der Waals surface area contributed by atoms with Crippen LogP contribution < -0.4 is 0 Å². The SMILES string of the molecule is CO/C1=C\C(C)=C\[C@@H](C)[C@@H](O)[C@@H](C)C/C(C)=C/C=C/[C@H](OC)[C@@H]([C@@H](C)[C@@H](O)[C@H](C)[C@@]2(O)C[C@@H](O)[C@H](C)C(C(C)C)O2)OC1=O. The molecule has 0 bridgehead atoms. The van der Waals surface area contributed by atoms with Crippen molar-refractivity contribution in [2.45, 2.75) is 118 Å². The zero-order valence-corrected chi connectivity index (χ0v) is 28.6. The molecule has 12 atom stereocenters. The molecule has 0 saturated carbocycles. The Morgan fingerprint density at radius 1 is 1.05 bits per heavy atom. The fourth-order valence-corrected chi connectivity index (χ4v) is 6.54. The molecule has 2 rings (SSSR count). The summed E-state index contributed by atoms with van der Waals surface area (Å²) >= 11 is 0. The van der Waals surface area contributed by atoms with Crippen LogP contribution in [-0.4, -0.2) is 83.0 Å². The summed E-state index contributed by atoms with van der Waals surface area (Å²) in [4.78, 5) is 13.5. The van der Waals surface area contributed by atoms with Crippen LogP contribution in [0.4, 0.5) is 0 Å². The van der Waals surface area contributed by atoms with Crippen LogP contribution in [0, 0.1) is 35.5 Å². The van der Waals surface area contributed by atoms with E-state index in [1.807, 2.05) is 66.7 Å². The summed E-state index contributed by atoms with van der Waals surface area (Å²) in [6.07, 6.45) is 4.85. The van der Waals surface area contributed by atoms with Crippen molar-refractivity contribution in [1.82, 2.24) is 0 Å². The van der Waals surface area contributed by atoms with Gasteiger partial charge >= 0.3 is 5.97 Å². The molecule has 9 heteroatoms. The maximum absolute atomic E-state index is 13.5. The lowest BCUT2D eigenvalue weighted by molar-refractivity contribution is -0.328. The van der Waals surface area contributed by atoms with E-state index in [4.69, 9.17) is 18.9 Å². The lowest BCUT2D eigenvalue weighted by atomic mass is 9.76. The first kappa shape index (κ1) is 38.2. The van der Waals surface area contributed by atoms with Crippen molar-refractivity contribution in [3.8, 4) is 0 Å². The molecule has 4 N–H and O–H groups in total. The molecular weight excluding hydrogens is 564 g/mol. The van der Waals surface area contributed by atoms with Gasteiger partial charge in [-0.25, -0.2) is 4.79 Å². The minimum Gasteiger partial charge on any atom is -0.490 e. The molecule has 2 heterocycles. The molecular formula is C35H58O9. The number of esters is 1. The van der Waals surface area contributed by atoms with E-state index in [-0.39, 0.29) is 35.9 Å².